The smallest absolute Gasteiger partial charge is 0.271 e. The molecule has 0 unspecified atom stereocenters. The molecule has 2 heterocycles. The van der Waals surface area contributed by atoms with Crippen molar-refractivity contribution in [2.24, 2.45) is 4.99 Å². The van der Waals surface area contributed by atoms with Gasteiger partial charge in [-0.05, 0) is 36.0 Å². The second-order valence-electron chi connectivity index (χ2n) is 5.93. The minimum atomic E-state index is -0.130. The van der Waals surface area contributed by atoms with Crippen LogP contribution in [0.4, 0.5) is 10.8 Å². The van der Waals surface area contributed by atoms with Gasteiger partial charge in [-0.2, -0.15) is 4.99 Å². The second-order valence-corrected chi connectivity index (χ2v) is 7.82. The molecule has 0 aliphatic carbocycles. The van der Waals surface area contributed by atoms with Crippen LogP contribution in [0, 0.1) is 0 Å². The first kappa shape index (κ1) is 19.2. The van der Waals surface area contributed by atoms with Crippen molar-refractivity contribution >= 4 is 51.1 Å². The van der Waals surface area contributed by atoms with Crippen LogP contribution in [0.2, 0.25) is 0 Å². The number of nitrogens with zero attached hydrogens (tertiary/aromatic N) is 3. The lowest BCUT2D eigenvalue weighted by Crippen LogP contribution is -2.28. The van der Waals surface area contributed by atoms with Crippen LogP contribution >= 0.6 is 23.1 Å². The number of thioether (sulfide) groups is 1. The Bertz CT molecular complexity index is 1080. The van der Waals surface area contributed by atoms with Gasteiger partial charge in [0.1, 0.15) is 12.4 Å². The summed E-state index contributed by atoms with van der Waals surface area (Å²) in [6.45, 7) is 4.08. The number of amides is 1. The number of hydrogen-bond donors (Lipinski definition) is 0. The SMILES string of the molecule is C=CCOc1ccccc1/C=C1\S/C(=N/c2nccs2)N(c2ccccc2)C1=O. The number of aromatic nitrogens is 1. The van der Waals surface area contributed by atoms with E-state index in [1.165, 1.54) is 23.1 Å². The van der Waals surface area contributed by atoms with E-state index in [4.69, 9.17) is 4.74 Å². The standard InChI is InChI=1S/C22H17N3O2S2/c1-2-13-27-18-11-7-6-8-16(18)15-19-20(26)25(17-9-4-3-5-10-17)22(29-19)24-21-23-12-14-28-21/h2-12,14-15H,1,13H2/b19-15-,24-22+. The number of carbonyl (C=O) groups is 1. The number of rotatable bonds is 6. The number of thiazole rings is 1. The molecule has 0 N–H and O–H groups in total. The van der Waals surface area contributed by atoms with Crippen molar-refractivity contribution in [1.82, 2.24) is 4.98 Å². The lowest BCUT2D eigenvalue weighted by molar-refractivity contribution is -0.113. The molecule has 0 saturated carbocycles. The molecule has 0 bridgehead atoms. The summed E-state index contributed by atoms with van der Waals surface area (Å²) in [6.07, 6.45) is 5.23. The highest BCUT2D eigenvalue weighted by molar-refractivity contribution is 8.19. The van der Waals surface area contributed by atoms with E-state index in [2.05, 4.69) is 16.6 Å². The third-order valence-corrected chi connectivity index (χ3v) is 5.63. The van der Waals surface area contributed by atoms with E-state index in [1.807, 2.05) is 66.1 Å². The quantitative estimate of drug-likeness (QED) is 0.390. The maximum atomic E-state index is 13.3. The number of benzene rings is 2. The maximum Gasteiger partial charge on any atom is 0.271 e. The van der Waals surface area contributed by atoms with Crippen molar-refractivity contribution in [3.63, 3.8) is 0 Å². The Labute approximate surface area is 177 Å². The Morgan fingerprint density at radius 2 is 1.93 bits per heavy atom. The van der Waals surface area contributed by atoms with E-state index in [0.29, 0.717) is 27.6 Å². The Balaban J connectivity index is 1.74. The summed E-state index contributed by atoms with van der Waals surface area (Å²) in [6, 6.07) is 17.1. The van der Waals surface area contributed by atoms with Crippen molar-refractivity contribution in [2.75, 3.05) is 11.5 Å². The van der Waals surface area contributed by atoms with Crippen molar-refractivity contribution in [3.8, 4) is 5.75 Å². The fourth-order valence-electron chi connectivity index (χ4n) is 2.73. The van der Waals surface area contributed by atoms with Crippen molar-refractivity contribution in [2.45, 2.75) is 0 Å². The molecule has 29 heavy (non-hydrogen) atoms. The zero-order valence-corrected chi connectivity index (χ0v) is 17.0. The molecule has 0 spiro atoms. The van der Waals surface area contributed by atoms with Crippen LogP contribution in [-0.4, -0.2) is 22.7 Å². The van der Waals surface area contributed by atoms with Crippen LogP contribution in [-0.2, 0) is 4.79 Å². The normalized spacial score (nSPS) is 16.6. The topological polar surface area (TPSA) is 54.8 Å². The van der Waals surface area contributed by atoms with Gasteiger partial charge < -0.3 is 4.74 Å². The van der Waals surface area contributed by atoms with Crippen LogP contribution in [0.1, 0.15) is 5.56 Å². The zero-order chi connectivity index (χ0) is 20.1. The summed E-state index contributed by atoms with van der Waals surface area (Å²) in [7, 11) is 0. The average molecular weight is 420 g/mol. The minimum absolute atomic E-state index is 0.130. The Hall–Kier alpha value is -3.16. The summed E-state index contributed by atoms with van der Waals surface area (Å²) in [5.41, 5.74) is 1.59. The summed E-state index contributed by atoms with van der Waals surface area (Å²) in [5.74, 6) is 0.569. The fourth-order valence-corrected chi connectivity index (χ4v) is 4.26. The van der Waals surface area contributed by atoms with E-state index in [-0.39, 0.29) is 5.91 Å². The first-order chi connectivity index (χ1) is 14.3. The average Bonchev–Trinajstić information content (AvgIpc) is 3.36. The Morgan fingerprint density at radius 1 is 1.14 bits per heavy atom. The molecule has 0 radical (unpaired) electrons. The van der Waals surface area contributed by atoms with Gasteiger partial charge in [0.2, 0.25) is 5.13 Å². The highest BCUT2D eigenvalue weighted by atomic mass is 32.2. The molecular formula is C22H17N3O2S2. The van der Waals surface area contributed by atoms with Gasteiger partial charge in [-0.3, -0.25) is 9.69 Å². The van der Waals surface area contributed by atoms with Gasteiger partial charge in [-0.25, -0.2) is 4.98 Å². The monoisotopic (exact) mass is 419 g/mol. The Kier molecular flexibility index (Phi) is 5.88. The molecule has 1 saturated heterocycles. The van der Waals surface area contributed by atoms with Gasteiger partial charge in [-0.1, -0.05) is 49.1 Å². The number of anilines is 1. The highest BCUT2D eigenvalue weighted by Crippen LogP contribution is 2.38. The largest absolute Gasteiger partial charge is 0.489 e. The number of aliphatic imine (C=N–C) groups is 1. The molecule has 1 aliphatic heterocycles. The van der Waals surface area contributed by atoms with Gasteiger partial charge >= 0.3 is 0 Å². The number of carbonyl (C=O) groups excluding carboxylic acids is 1. The van der Waals surface area contributed by atoms with Crippen molar-refractivity contribution in [3.05, 3.63) is 89.3 Å². The number of ether oxygens (including phenoxy) is 1. The first-order valence-corrected chi connectivity index (χ1v) is 10.6. The summed E-state index contributed by atoms with van der Waals surface area (Å²) in [5, 5.41) is 3.04. The maximum absolute atomic E-state index is 13.3. The molecular weight excluding hydrogens is 402 g/mol. The summed E-state index contributed by atoms with van der Waals surface area (Å²) >= 11 is 2.75. The number of amidine groups is 1. The first-order valence-electron chi connectivity index (χ1n) is 8.86. The minimum Gasteiger partial charge on any atom is -0.489 e. The second kappa shape index (κ2) is 8.89. The van der Waals surface area contributed by atoms with Gasteiger partial charge in [0, 0.05) is 17.1 Å². The third-order valence-electron chi connectivity index (χ3n) is 3.99. The lowest BCUT2D eigenvalue weighted by Gasteiger charge is -2.14. The van der Waals surface area contributed by atoms with Crippen LogP contribution in [0.25, 0.3) is 6.08 Å². The molecule has 4 rings (SSSR count). The molecule has 3 aromatic rings. The van der Waals surface area contributed by atoms with Crippen LogP contribution in [0.15, 0.2) is 88.7 Å². The van der Waals surface area contributed by atoms with Crippen molar-refractivity contribution < 1.29 is 9.53 Å². The van der Waals surface area contributed by atoms with E-state index in [1.54, 1.807) is 17.2 Å². The molecule has 7 heteroatoms. The van der Waals surface area contributed by atoms with Crippen molar-refractivity contribution in [1.29, 1.82) is 0 Å². The molecule has 1 fully saturated rings. The van der Waals surface area contributed by atoms with E-state index in [9.17, 15) is 4.79 Å². The summed E-state index contributed by atoms with van der Waals surface area (Å²) in [4.78, 5) is 24.3. The van der Waals surface area contributed by atoms with E-state index < -0.39 is 0 Å². The highest BCUT2D eigenvalue weighted by Gasteiger charge is 2.35. The zero-order valence-electron chi connectivity index (χ0n) is 15.4. The van der Waals surface area contributed by atoms with Crippen LogP contribution < -0.4 is 9.64 Å². The van der Waals surface area contributed by atoms with Gasteiger partial charge in [0.15, 0.2) is 5.17 Å². The molecule has 144 valence electrons. The van der Waals surface area contributed by atoms with E-state index >= 15 is 0 Å². The molecule has 1 amide bonds. The van der Waals surface area contributed by atoms with Crippen LogP contribution in [0.3, 0.4) is 0 Å². The fraction of sp³-hybridized carbons (Fsp3) is 0.0455. The molecule has 5 nitrogen and oxygen atoms in total. The molecule has 1 aliphatic rings. The lowest BCUT2D eigenvalue weighted by atomic mass is 10.2. The van der Waals surface area contributed by atoms with Crippen LogP contribution in [0.5, 0.6) is 5.75 Å². The van der Waals surface area contributed by atoms with Gasteiger partial charge in [0.05, 0.1) is 10.6 Å². The predicted octanol–water partition coefficient (Wildman–Crippen LogP) is 5.52. The predicted molar refractivity (Wildman–Crippen MR) is 121 cm³/mol. The third kappa shape index (κ3) is 4.31. The Morgan fingerprint density at radius 3 is 2.69 bits per heavy atom. The molecule has 2 aromatic carbocycles. The number of hydrogen-bond acceptors (Lipinski definition) is 6. The summed E-state index contributed by atoms with van der Waals surface area (Å²) < 4.78 is 5.72. The van der Waals surface area contributed by atoms with Gasteiger partial charge in [-0.15, -0.1) is 11.3 Å². The van der Waals surface area contributed by atoms with E-state index in [0.717, 1.165) is 11.3 Å². The molecule has 1 aromatic heterocycles. The number of para-hydroxylation sites is 2. The molecule has 0 atom stereocenters. The van der Waals surface area contributed by atoms with Gasteiger partial charge in [0.25, 0.3) is 5.91 Å².